The van der Waals surface area contributed by atoms with Gasteiger partial charge >= 0.3 is 0 Å². The van der Waals surface area contributed by atoms with Crippen LogP contribution < -0.4 is 5.32 Å². The summed E-state index contributed by atoms with van der Waals surface area (Å²) in [5, 5.41) is 4.37. The molecule has 1 amide bonds. The molecule has 24 heavy (non-hydrogen) atoms. The summed E-state index contributed by atoms with van der Waals surface area (Å²) in [6.07, 6.45) is 0.765. The number of thiophene rings is 1. The summed E-state index contributed by atoms with van der Waals surface area (Å²) in [6.45, 7) is 1.77. The lowest BCUT2D eigenvalue weighted by Gasteiger charge is -2.06. The molecule has 0 saturated carbocycles. The molecule has 0 spiro atoms. The van der Waals surface area contributed by atoms with Crippen molar-refractivity contribution in [3.05, 3.63) is 70.1 Å². The van der Waals surface area contributed by atoms with Crippen molar-refractivity contribution < 1.29 is 9.53 Å². The highest BCUT2D eigenvalue weighted by atomic mass is 35.5. The molecule has 0 bridgehead atoms. The highest BCUT2D eigenvalue weighted by Crippen LogP contribution is 2.34. The second-order valence-electron chi connectivity index (χ2n) is 5.39. The van der Waals surface area contributed by atoms with Crippen LogP contribution in [0.25, 0.3) is 10.1 Å². The largest absolute Gasteiger partial charge is 0.377 e. The predicted octanol–water partition coefficient (Wildman–Crippen LogP) is 4.89. The first-order chi connectivity index (χ1) is 11.8. The maximum absolute atomic E-state index is 12.3. The number of carbonyl (C=O) groups excluding carboxylic acids is 1. The van der Waals surface area contributed by atoms with E-state index in [9.17, 15) is 4.79 Å². The van der Waals surface area contributed by atoms with Crippen LogP contribution in [0.15, 0.2) is 54.6 Å². The third-order valence-electron chi connectivity index (χ3n) is 3.60. The van der Waals surface area contributed by atoms with E-state index in [-0.39, 0.29) is 5.91 Å². The lowest BCUT2D eigenvalue weighted by atomic mass is 10.2. The number of fused-ring (bicyclic) bond motifs is 1. The van der Waals surface area contributed by atoms with Gasteiger partial charge < -0.3 is 10.1 Å². The van der Waals surface area contributed by atoms with E-state index in [0.717, 1.165) is 22.1 Å². The summed E-state index contributed by atoms with van der Waals surface area (Å²) >= 11 is 7.73. The molecule has 0 aliphatic rings. The molecule has 0 atom stereocenters. The van der Waals surface area contributed by atoms with E-state index in [1.165, 1.54) is 11.3 Å². The summed E-state index contributed by atoms with van der Waals surface area (Å²) in [5.74, 6) is -0.121. The van der Waals surface area contributed by atoms with Crippen LogP contribution in [-0.4, -0.2) is 19.1 Å². The molecule has 5 heteroatoms. The standard InChI is InChI=1S/C19H18ClNO2S/c20-17-15-9-4-5-10-16(15)24-18(17)19(22)21-11-6-12-23-13-14-7-2-1-3-8-14/h1-5,7-10H,6,11-13H2,(H,21,22). The number of ether oxygens (including phenoxy) is 1. The highest BCUT2D eigenvalue weighted by molar-refractivity contribution is 7.21. The van der Waals surface area contributed by atoms with E-state index < -0.39 is 0 Å². The smallest absolute Gasteiger partial charge is 0.262 e. The molecule has 3 nitrogen and oxygen atoms in total. The summed E-state index contributed by atoms with van der Waals surface area (Å²) < 4.78 is 6.63. The molecular formula is C19H18ClNO2S. The molecule has 1 aromatic heterocycles. The van der Waals surface area contributed by atoms with Gasteiger partial charge in [-0.3, -0.25) is 4.79 Å². The number of rotatable bonds is 7. The number of halogens is 1. The van der Waals surface area contributed by atoms with Gasteiger partial charge in [-0.05, 0) is 18.1 Å². The first kappa shape index (κ1) is 17.0. The zero-order valence-corrected chi connectivity index (χ0v) is 14.7. The topological polar surface area (TPSA) is 38.3 Å². The van der Waals surface area contributed by atoms with Crippen LogP contribution in [0, 0.1) is 0 Å². The molecular weight excluding hydrogens is 342 g/mol. The zero-order valence-electron chi connectivity index (χ0n) is 13.1. The average molecular weight is 360 g/mol. The van der Waals surface area contributed by atoms with Crippen molar-refractivity contribution in [3.8, 4) is 0 Å². The van der Waals surface area contributed by atoms with Crippen molar-refractivity contribution in [2.24, 2.45) is 0 Å². The van der Waals surface area contributed by atoms with Gasteiger partial charge in [0, 0.05) is 23.2 Å². The Morgan fingerprint density at radius 2 is 1.83 bits per heavy atom. The van der Waals surface area contributed by atoms with Crippen molar-refractivity contribution in [1.29, 1.82) is 0 Å². The van der Waals surface area contributed by atoms with E-state index in [0.29, 0.717) is 29.7 Å². The molecule has 1 heterocycles. The number of hydrogen-bond donors (Lipinski definition) is 1. The van der Waals surface area contributed by atoms with Gasteiger partial charge in [-0.2, -0.15) is 0 Å². The molecule has 3 aromatic rings. The van der Waals surface area contributed by atoms with Crippen LogP contribution in [0.4, 0.5) is 0 Å². The Hall–Kier alpha value is -1.88. The molecule has 0 saturated heterocycles. The van der Waals surface area contributed by atoms with Crippen LogP contribution in [0.5, 0.6) is 0 Å². The molecule has 0 aliphatic carbocycles. The second-order valence-corrected chi connectivity index (χ2v) is 6.82. The minimum absolute atomic E-state index is 0.121. The van der Waals surface area contributed by atoms with Gasteiger partial charge in [0.25, 0.3) is 5.91 Å². The molecule has 0 radical (unpaired) electrons. The Bertz CT molecular complexity index is 817. The summed E-state index contributed by atoms with van der Waals surface area (Å²) in [4.78, 5) is 12.8. The lowest BCUT2D eigenvalue weighted by molar-refractivity contribution is 0.0938. The second kappa shape index (κ2) is 8.29. The Balaban J connectivity index is 1.43. The average Bonchev–Trinajstić information content (AvgIpc) is 2.96. The van der Waals surface area contributed by atoms with E-state index in [4.69, 9.17) is 16.3 Å². The highest BCUT2D eigenvalue weighted by Gasteiger charge is 2.16. The predicted molar refractivity (Wildman–Crippen MR) is 99.9 cm³/mol. The SMILES string of the molecule is O=C(NCCCOCc1ccccc1)c1sc2ccccc2c1Cl. The van der Waals surface area contributed by atoms with Gasteiger partial charge in [-0.25, -0.2) is 0 Å². The van der Waals surface area contributed by atoms with Gasteiger partial charge in [-0.1, -0.05) is 60.1 Å². The van der Waals surface area contributed by atoms with Crippen LogP contribution in [0.3, 0.4) is 0 Å². The minimum atomic E-state index is -0.121. The lowest BCUT2D eigenvalue weighted by Crippen LogP contribution is -2.24. The van der Waals surface area contributed by atoms with E-state index in [1.54, 1.807) is 0 Å². The van der Waals surface area contributed by atoms with Crippen LogP contribution >= 0.6 is 22.9 Å². The molecule has 2 aromatic carbocycles. The monoisotopic (exact) mass is 359 g/mol. The third kappa shape index (κ3) is 4.15. The van der Waals surface area contributed by atoms with Crippen molar-refractivity contribution in [3.63, 3.8) is 0 Å². The number of carbonyl (C=O) groups is 1. The van der Waals surface area contributed by atoms with E-state index in [2.05, 4.69) is 5.32 Å². The van der Waals surface area contributed by atoms with Crippen LogP contribution in [0.2, 0.25) is 5.02 Å². The summed E-state index contributed by atoms with van der Waals surface area (Å²) in [6, 6.07) is 17.8. The maximum Gasteiger partial charge on any atom is 0.262 e. The Morgan fingerprint density at radius 1 is 1.08 bits per heavy atom. The van der Waals surface area contributed by atoms with Gasteiger partial charge in [0.2, 0.25) is 0 Å². The van der Waals surface area contributed by atoms with Gasteiger partial charge in [-0.15, -0.1) is 11.3 Å². The molecule has 3 rings (SSSR count). The fraction of sp³-hybridized carbons (Fsp3) is 0.211. The van der Waals surface area contributed by atoms with Crippen LogP contribution in [-0.2, 0) is 11.3 Å². The first-order valence-corrected chi connectivity index (χ1v) is 9.02. The summed E-state index contributed by atoms with van der Waals surface area (Å²) in [7, 11) is 0. The number of hydrogen-bond acceptors (Lipinski definition) is 3. The summed E-state index contributed by atoms with van der Waals surface area (Å²) in [5.41, 5.74) is 1.15. The zero-order chi connectivity index (χ0) is 16.8. The van der Waals surface area contributed by atoms with Crippen molar-refractivity contribution in [2.75, 3.05) is 13.2 Å². The normalized spacial score (nSPS) is 10.9. The fourth-order valence-corrected chi connectivity index (χ4v) is 3.81. The van der Waals surface area contributed by atoms with Gasteiger partial charge in [0.1, 0.15) is 4.88 Å². The Kier molecular flexibility index (Phi) is 5.86. The van der Waals surface area contributed by atoms with Crippen molar-refractivity contribution >= 4 is 38.9 Å². The molecule has 1 N–H and O–H groups in total. The quantitative estimate of drug-likeness (QED) is 0.610. The van der Waals surface area contributed by atoms with Crippen molar-refractivity contribution in [1.82, 2.24) is 5.32 Å². The first-order valence-electron chi connectivity index (χ1n) is 7.82. The van der Waals surface area contributed by atoms with Gasteiger partial charge in [0.15, 0.2) is 0 Å². The molecule has 0 unspecified atom stereocenters. The minimum Gasteiger partial charge on any atom is -0.377 e. The fourth-order valence-electron chi connectivity index (χ4n) is 2.38. The Morgan fingerprint density at radius 3 is 2.62 bits per heavy atom. The number of benzene rings is 2. The van der Waals surface area contributed by atoms with Crippen LogP contribution in [0.1, 0.15) is 21.7 Å². The number of nitrogens with one attached hydrogen (secondary N) is 1. The molecule has 124 valence electrons. The van der Waals surface area contributed by atoms with Crippen molar-refractivity contribution in [2.45, 2.75) is 13.0 Å². The number of amides is 1. The van der Waals surface area contributed by atoms with Gasteiger partial charge in [0.05, 0.1) is 11.6 Å². The third-order valence-corrected chi connectivity index (χ3v) is 5.28. The van der Waals surface area contributed by atoms with E-state index >= 15 is 0 Å². The molecule has 0 aliphatic heterocycles. The Labute approximate surface area is 150 Å². The molecule has 0 fully saturated rings. The maximum atomic E-state index is 12.3. The van der Waals surface area contributed by atoms with E-state index in [1.807, 2.05) is 54.6 Å².